The van der Waals surface area contributed by atoms with E-state index in [-0.39, 0.29) is 5.91 Å². The lowest BCUT2D eigenvalue weighted by Crippen LogP contribution is -2.44. The molecule has 0 bridgehead atoms. The van der Waals surface area contributed by atoms with Gasteiger partial charge in [0, 0.05) is 42.1 Å². The van der Waals surface area contributed by atoms with Gasteiger partial charge >= 0.3 is 0 Å². The van der Waals surface area contributed by atoms with Gasteiger partial charge in [0.25, 0.3) is 5.91 Å². The molecule has 1 aromatic heterocycles. The second-order valence-electron chi connectivity index (χ2n) is 6.92. The molecule has 3 rings (SSSR count). The number of carbonyl (C=O) groups excluding carboxylic acids is 1. The monoisotopic (exact) mass is 433 g/mol. The van der Waals surface area contributed by atoms with Crippen molar-refractivity contribution in [2.45, 2.75) is 18.9 Å². The van der Waals surface area contributed by atoms with E-state index in [1.54, 1.807) is 42.6 Å². The number of aliphatic imine (C=N–C) groups is 1. The molecule has 0 saturated carbocycles. The summed E-state index contributed by atoms with van der Waals surface area (Å²) in [5, 5.41) is 12.3. The highest BCUT2D eigenvalue weighted by molar-refractivity contribution is 7.10. The molecule has 1 aliphatic heterocycles. The Bertz CT molecular complexity index is 788. The van der Waals surface area contributed by atoms with Crippen LogP contribution in [0.5, 0.6) is 0 Å². The molecule has 1 saturated heterocycles. The topological polar surface area (TPSA) is 68.8 Å². The standard InChI is InChI=1S/C21H28ClN5OS/c1-23-21(25-11-10-24-20(28)16-6-8-17(22)9-7-16)26-15-18(19-5-4-14-29-19)27-12-2-3-13-27/h4-9,14,18H,2-3,10-13,15H2,1H3,(H,24,28)(H2,23,25,26). The number of benzene rings is 1. The van der Waals surface area contributed by atoms with Gasteiger partial charge in [-0.3, -0.25) is 14.7 Å². The first-order chi connectivity index (χ1) is 14.2. The minimum atomic E-state index is -0.113. The fourth-order valence-electron chi connectivity index (χ4n) is 3.42. The SMILES string of the molecule is CN=C(NCCNC(=O)c1ccc(Cl)cc1)NCC(c1cccs1)N1CCCC1. The van der Waals surface area contributed by atoms with Crippen LogP contribution in [-0.2, 0) is 0 Å². The van der Waals surface area contributed by atoms with Gasteiger partial charge in [-0.1, -0.05) is 17.7 Å². The zero-order chi connectivity index (χ0) is 20.5. The van der Waals surface area contributed by atoms with Gasteiger partial charge in [0.15, 0.2) is 5.96 Å². The number of amides is 1. The fourth-order valence-corrected chi connectivity index (χ4v) is 4.40. The highest BCUT2D eigenvalue weighted by atomic mass is 35.5. The van der Waals surface area contributed by atoms with E-state index in [2.05, 4.69) is 43.4 Å². The second kappa shape index (κ2) is 11.2. The highest BCUT2D eigenvalue weighted by Crippen LogP contribution is 2.27. The molecule has 0 spiro atoms. The summed E-state index contributed by atoms with van der Waals surface area (Å²) in [6.07, 6.45) is 2.53. The van der Waals surface area contributed by atoms with E-state index in [9.17, 15) is 4.79 Å². The fraction of sp³-hybridized carbons (Fsp3) is 0.429. The number of hydrogen-bond acceptors (Lipinski definition) is 4. The van der Waals surface area contributed by atoms with Gasteiger partial charge in [-0.25, -0.2) is 0 Å². The lowest BCUT2D eigenvalue weighted by atomic mass is 10.2. The number of nitrogens with zero attached hydrogens (tertiary/aromatic N) is 2. The van der Waals surface area contributed by atoms with Crippen LogP contribution in [0, 0.1) is 0 Å². The zero-order valence-electron chi connectivity index (χ0n) is 16.7. The van der Waals surface area contributed by atoms with Gasteiger partial charge in [0.05, 0.1) is 6.04 Å². The van der Waals surface area contributed by atoms with Gasteiger partial charge in [0.2, 0.25) is 0 Å². The van der Waals surface area contributed by atoms with Crippen LogP contribution in [0.25, 0.3) is 0 Å². The lowest BCUT2D eigenvalue weighted by molar-refractivity contribution is 0.0954. The number of nitrogens with one attached hydrogen (secondary N) is 3. The summed E-state index contributed by atoms with van der Waals surface area (Å²) in [6, 6.07) is 11.5. The predicted molar refractivity (Wildman–Crippen MR) is 121 cm³/mol. The van der Waals surface area contributed by atoms with Crippen LogP contribution in [0.4, 0.5) is 0 Å². The van der Waals surface area contributed by atoms with Crippen molar-refractivity contribution in [3.8, 4) is 0 Å². The third-order valence-corrected chi connectivity index (χ3v) is 6.17. The van der Waals surface area contributed by atoms with Crippen molar-refractivity contribution in [1.82, 2.24) is 20.9 Å². The minimum absolute atomic E-state index is 0.113. The van der Waals surface area contributed by atoms with Crippen LogP contribution < -0.4 is 16.0 Å². The Labute approximate surface area is 181 Å². The van der Waals surface area contributed by atoms with Gasteiger partial charge in [-0.15, -0.1) is 11.3 Å². The maximum absolute atomic E-state index is 12.1. The molecule has 29 heavy (non-hydrogen) atoms. The number of halogens is 1. The third kappa shape index (κ3) is 6.45. The van der Waals surface area contributed by atoms with Crippen LogP contribution in [-0.4, -0.2) is 56.5 Å². The van der Waals surface area contributed by atoms with E-state index in [0.29, 0.717) is 29.7 Å². The van der Waals surface area contributed by atoms with E-state index >= 15 is 0 Å². The number of thiophene rings is 1. The summed E-state index contributed by atoms with van der Waals surface area (Å²) >= 11 is 7.66. The van der Waals surface area contributed by atoms with Crippen molar-refractivity contribution in [1.29, 1.82) is 0 Å². The van der Waals surface area contributed by atoms with E-state index in [0.717, 1.165) is 25.6 Å². The largest absolute Gasteiger partial charge is 0.355 e. The average Bonchev–Trinajstić information content (AvgIpc) is 3.45. The molecule has 1 aliphatic rings. The van der Waals surface area contributed by atoms with Crippen LogP contribution >= 0.6 is 22.9 Å². The van der Waals surface area contributed by atoms with Crippen molar-refractivity contribution in [2.24, 2.45) is 4.99 Å². The molecule has 156 valence electrons. The number of likely N-dealkylation sites (tertiary alicyclic amines) is 1. The zero-order valence-corrected chi connectivity index (χ0v) is 18.2. The normalized spacial score (nSPS) is 15.9. The van der Waals surface area contributed by atoms with Crippen LogP contribution in [0.15, 0.2) is 46.8 Å². The second-order valence-corrected chi connectivity index (χ2v) is 8.33. The van der Waals surface area contributed by atoms with Gasteiger partial charge in [-0.05, 0) is 61.6 Å². The molecule has 0 radical (unpaired) electrons. The average molecular weight is 434 g/mol. The molecule has 1 unspecified atom stereocenters. The first-order valence-electron chi connectivity index (χ1n) is 9.93. The molecular formula is C21H28ClN5OS. The summed E-state index contributed by atoms with van der Waals surface area (Å²) in [5.74, 6) is 0.629. The lowest BCUT2D eigenvalue weighted by Gasteiger charge is -2.27. The highest BCUT2D eigenvalue weighted by Gasteiger charge is 2.24. The summed E-state index contributed by atoms with van der Waals surface area (Å²) in [7, 11) is 1.76. The summed E-state index contributed by atoms with van der Waals surface area (Å²) in [6.45, 7) is 4.19. The van der Waals surface area contributed by atoms with Crippen LogP contribution in [0.3, 0.4) is 0 Å². The number of hydrogen-bond donors (Lipinski definition) is 3. The molecule has 2 aromatic rings. The van der Waals surface area contributed by atoms with E-state index in [4.69, 9.17) is 11.6 Å². The maximum atomic E-state index is 12.1. The predicted octanol–water partition coefficient (Wildman–Crippen LogP) is 3.13. The summed E-state index contributed by atoms with van der Waals surface area (Å²) in [5.41, 5.74) is 0.598. The molecule has 2 heterocycles. The maximum Gasteiger partial charge on any atom is 0.251 e. The summed E-state index contributed by atoms with van der Waals surface area (Å²) < 4.78 is 0. The van der Waals surface area contributed by atoms with Crippen molar-refractivity contribution in [3.63, 3.8) is 0 Å². The Morgan fingerprint density at radius 1 is 1.14 bits per heavy atom. The van der Waals surface area contributed by atoms with E-state index in [1.807, 2.05) is 0 Å². The third-order valence-electron chi connectivity index (χ3n) is 4.95. The van der Waals surface area contributed by atoms with Crippen molar-refractivity contribution in [3.05, 3.63) is 57.2 Å². The number of rotatable bonds is 8. The van der Waals surface area contributed by atoms with Gasteiger partial charge in [-0.2, -0.15) is 0 Å². The van der Waals surface area contributed by atoms with Gasteiger partial charge in [0.1, 0.15) is 0 Å². The molecule has 8 heteroatoms. The molecular weight excluding hydrogens is 406 g/mol. The van der Waals surface area contributed by atoms with E-state index in [1.165, 1.54) is 17.7 Å². The Morgan fingerprint density at radius 2 is 1.86 bits per heavy atom. The molecule has 6 nitrogen and oxygen atoms in total. The molecule has 3 N–H and O–H groups in total. The molecule has 1 aromatic carbocycles. The van der Waals surface area contributed by atoms with Crippen LogP contribution in [0.2, 0.25) is 5.02 Å². The number of carbonyl (C=O) groups is 1. The van der Waals surface area contributed by atoms with E-state index < -0.39 is 0 Å². The smallest absolute Gasteiger partial charge is 0.251 e. The van der Waals surface area contributed by atoms with Gasteiger partial charge < -0.3 is 16.0 Å². The van der Waals surface area contributed by atoms with Crippen molar-refractivity contribution in [2.75, 3.05) is 39.8 Å². The van der Waals surface area contributed by atoms with Crippen LogP contribution in [0.1, 0.15) is 34.1 Å². The quantitative estimate of drug-likeness (QED) is 0.340. The molecule has 1 amide bonds. The van der Waals surface area contributed by atoms with Crippen molar-refractivity contribution >= 4 is 34.8 Å². The first-order valence-corrected chi connectivity index (χ1v) is 11.2. The Kier molecular flexibility index (Phi) is 8.34. The molecule has 1 fully saturated rings. The first kappa shape index (κ1) is 21.6. The van der Waals surface area contributed by atoms with Crippen molar-refractivity contribution < 1.29 is 4.79 Å². The Balaban J connectivity index is 1.42. The Morgan fingerprint density at radius 3 is 2.52 bits per heavy atom. The Hall–Kier alpha value is -2.09. The molecule has 1 atom stereocenters. The number of guanidine groups is 1. The molecule has 0 aliphatic carbocycles. The minimum Gasteiger partial charge on any atom is -0.355 e. The summed E-state index contributed by atoms with van der Waals surface area (Å²) in [4.78, 5) is 20.4.